The van der Waals surface area contributed by atoms with Gasteiger partial charge in [0, 0.05) is 36.6 Å². The molecule has 0 amide bonds. The molecular weight excluding hydrogens is 240 g/mol. The Labute approximate surface area is 115 Å². The summed E-state index contributed by atoms with van der Waals surface area (Å²) in [5.41, 5.74) is 1.47. The maximum Gasteiger partial charge on any atom is 0.0334 e. The number of fused-ring (bicyclic) bond motifs is 1. The summed E-state index contributed by atoms with van der Waals surface area (Å²) in [5.74, 6) is 0. The van der Waals surface area contributed by atoms with Crippen molar-refractivity contribution in [3.05, 3.63) is 21.9 Å². The molecule has 0 N–H and O–H groups in total. The Morgan fingerprint density at radius 1 is 1.33 bits per heavy atom. The van der Waals surface area contributed by atoms with E-state index < -0.39 is 0 Å². The Bertz CT molecular complexity index is 401. The van der Waals surface area contributed by atoms with Crippen LogP contribution in [-0.2, 0) is 6.54 Å². The molecule has 0 saturated carbocycles. The Morgan fingerprint density at radius 3 is 3.00 bits per heavy atom. The van der Waals surface area contributed by atoms with Crippen molar-refractivity contribution in [3.63, 3.8) is 0 Å². The van der Waals surface area contributed by atoms with Crippen molar-refractivity contribution in [2.75, 3.05) is 19.6 Å². The second-order valence-electron chi connectivity index (χ2n) is 5.95. The largest absolute Gasteiger partial charge is 0.298 e. The average Bonchev–Trinajstić information content (AvgIpc) is 2.76. The first kappa shape index (κ1) is 12.6. The number of thiophene rings is 1. The second kappa shape index (κ2) is 5.32. The quantitative estimate of drug-likeness (QED) is 0.810. The third-order valence-electron chi connectivity index (χ3n) is 4.63. The van der Waals surface area contributed by atoms with Crippen molar-refractivity contribution in [2.24, 2.45) is 0 Å². The summed E-state index contributed by atoms with van der Waals surface area (Å²) < 4.78 is 0. The molecular formula is C15H24N2S. The van der Waals surface area contributed by atoms with Gasteiger partial charge in [-0.3, -0.25) is 9.80 Å². The van der Waals surface area contributed by atoms with Gasteiger partial charge in [-0.2, -0.15) is 0 Å². The molecule has 3 rings (SSSR count). The molecule has 0 radical (unpaired) electrons. The number of piperazine rings is 1. The Hall–Kier alpha value is -0.380. The molecule has 2 aliphatic heterocycles. The zero-order valence-corrected chi connectivity index (χ0v) is 12.4. The standard InChI is InChI=1S/C15H24N2S/c1-12-6-8-18-15(12)11-17-10-14-5-3-4-7-16(14)9-13(17)2/h6,8,13-14H,3-5,7,9-11H2,1-2H3. The van der Waals surface area contributed by atoms with Crippen LogP contribution in [-0.4, -0.2) is 41.5 Å². The van der Waals surface area contributed by atoms with Crippen LogP contribution < -0.4 is 0 Å². The summed E-state index contributed by atoms with van der Waals surface area (Å²) in [6, 6.07) is 3.79. The number of rotatable bonds is 2. The maximum atomic E-state index is 2.73. The molecule has 2 fully saturated rings. The maximum absolute atomic E-state index is 2.73. The Morgan fingerprint density at radius 2 is 2.22 bits per heavy atom. The van der Waals surface area contributed by atoms with Gasteiger partial charge in [0.25, 0.3) is 0 Å². The highest BCUT2D eigenvalue weighted by Gasteiger charge is 2.32. The van der Waals surface area contributed by atoms with Crippen LogP contribution in [0.15, 0.2) is 11.4 Å². The molecule has 18 heavy (non-hydrogen) atoms. The number of nitrogens with zero attached hydrogens (tertiary/aromatic N) is 2. The number of aryl methyl sites for hydroxylation is 1. The van der Waals surface area contributed by atoms with Gasteiger partial charge in [0.05, 0.1) is 0 Å². The minimum Gasteiger partial charge on any atom is -0.298 e. The van der Waals surface area contributed by atoms with Crippen LogP contribution in [0.2, 0.25) is 0 Å². The third kappa shape index (κ3) is 2.49. The molecule has 2 nitrogen and oxygen atoms in total. The molecule has 2 aliphatic rings. The molecule has 0 spiro atoms. The fourth-order valence-electron chi connectivity index (χ4n) is 3.38. The molecule has 3 heterocycles. The zero-order chi connectivity index (χ0) is 12.5. The summed E-state index contributed by atoms with van der Waals surface area (Å²) in [4.78, 5) is 6.99. The van der Waals surface area contributed by atoms with E-state index >= 15 is 0 Å². The molecule has 1 aromatic rings. The van der Waals surface area contributed by atoms with Crippen LogP contribution in [0.3, 0.4) is 0 Å². The minimum absolute atomic E-state index is 0.709. The van der Waals surface area contributed by atoms with E-state index in [1.54, 1.807) is 4.88 Å². The van der Waals surface area contributed by atoms with Crippen molar-refractivity contribution in [3.8, 4) is 0 Å². The molecule has 0 aliphatic carbocycles. The van der Waals surface area contributed by atoms with E-state index in [9.17, 15) is 0 Å². The van der Waals surface area contributed by atoms with Crippen molar-refractivity contribution in [1.29, 1.82) is 0 Å². The van der Waals surface area contributed by atoms with E-state index in [2.05, 4.69) is 35.1 Å². The van der Waals surface area contributed by atoms with Gasteiger partial charge in [-0.15, -0.1) is 11.3 Å². The molecule has 100 valence electrons. The number of hydrogen-bond donors (Lipinski definition) is 0. The van der Waals surface area contributed by atoms with Crippen molar-refractivity contribution in [1.82, 2.24) is 9.80 Å². The molecule has 3 heteroatoms. The predicted octanol–water partition coefficient (Wildman–Crippen LogP) is 3.12. The van der Waals surface area contributed by atoms with E-state index in [4.69, 9.17) is 0 Å². The lowest BCUT2D eigenvalue weighted by Crippen LogP contribution is -2.58. The molecule has 2 atom stereocenters. The van der Waals surface area contributed by atoms with Crippen LogP contribution in [0.1, 0.15) is 36.6 Å². The molecule has 0 bridgehead atoms. The van der Waals surface area contributed by atoms with E-state index in [1.165, 1.54) is 44.5 Å². The van der Waals surface area contributed by atoms with Crippen LogP contribution in [0, 0.1) is 6.92 Å². The fourth-order valence-corrected chi connectivity index (χ4v) is 4.31. The molecule has 2 saturated heterocycles. The molecule has 1 aromatic heterocycles. The predicted molar refractivity (Wildman–Crippen MR) is 78.1 cm³/mol. The van der Waals surface area contributed by atoms with Crippen LogP contribution in [0.5, 0.6) is 0 Å². The first-order valence-electron chi connectivity index (χ1n) is 7.25. The molecule has 0 aromatic carbocycles. The number of piperidine rings is 1. The SMILES string of the molecule is Cc1ccsc1CN1CC2CCCCN2CC1C. The highest BCUT2D eigenvalue weighted by molar-refractivity contribution is 7.10. The van der Waals surface area contributed by atoms with Crippen molar-refractivity contribution >= 4 is 11.3 Å². The van der Waals surface area contributed by atoms with E-state index in [-0.39, 0.29) is 0 Å². The summed E-state index contributed by atoms with van der Waals surface area (Å²) in [6.45, 7) is 9.69. The normalized spacial score (nSPS) is 30.3. The summed E-state index contributed by atoms with van der Waals surface area (Å²) >= 11 is 1.92. The highest BCUT2D eigenvalue weighted by atomic mass is 32.1. The first-order valence-corrected chi connectivity index (χ1v) is 8.13. The Kier molecular flexibility index (Phi) is 3.73. The monoisotopic (exact) mass is 264 g/mol. The van der Waals surface area contributed by atoms with Gasteiger partial charge in [-0.1, -0.05) is 6.42 Å². The van der Waals surface area contributed by atoms with Crippen molar-refractivity contribution in [2.45, 2.75) is 51.7 Å². The van der Waals surface area contributed by atoms with Gasteiger partial charge in [0.1, 0.15) is 0 Å². The topological polar surface area (TPSA) is 6.48 Å². The zero-order valence-electron chi connectivity index (χ0n) is 11.6. The van der Waals surface area contributed by atoms with E-state index in [1.807, 2.05) is 11.3 Å². The fraction of sp³-hybridized carbons (Fsp3) is 0.733. The summed E-state index contributed by atoms with van der Waals surface area (Å²) in [7, 11) is 0. The molecule has 2 unspecified atom stereocenters. The van der Waals surface area contributed by atoms with Crippen LogP contribution in [0.4, 0.5) is 0 Å². The average molecular weight is 264 g/mol. The summed E-state index contributed by atoms with van der Waals surface area (Å²) in [6.07, 6.45) is 4.25. The summed E-state index contributed by atoms with van der Waals surface area (Å²) in [5, 5.41) is 2.23. The number of hydrogen-bond acceptors (Lipinski definition) is 3. The lowest BCUT2D eigenvalue weighted by Gasteiger charge is -2.47. The van der Waals surface area contributed by atoms with E-state index in [0.29, 0.717) is 6.04 Å². The Balaban J connectivity index is 1.67. The van der Waals surface area contributed by atoms with E-state index in [0.717, 1.165) is 12.6 Å². The first-order chi connectivity index (χ1) is 8.74. The third-order valence-corrected chi connectivity index (χ3v) is 5.64. The second-order valence-corrected chi connectivity index (χ2v) is 6.95. The van der Waals surface area contributed by atoms with Crippen molar-refractivity contribution < 1.29 is 0 Å². The van der Waals surface area contributed by atoms with Gasteiger partial charge in [-0.25, -0.2) is 0 Å². The van der Waals surface area contributed by atoms with Gasteiger partial charge in [-0.05, 0) is 50.2 Å². The highest BCUT2D eigenvalue weighted by Crippen LogP contribution is 2.26. The van der Waals surface area contributed by atoms with Gasteiger partial charge in [0.2, 0.25) is 0 Å². The lowest BCUT2D eigenvalue weighted by molar-refractivity contribution is 0.0115. The van der Waals surface area contributed by atoms with Gasteiger partial charge < -0.3 is 0 Å². The lowest BCUT2D eigenvalue weighted by atomic mass is 9.97. The minimum atomic E-state index is 0.709. The van der Waals surface area contributed by atoms with Crippen LogP contribution in [0.25, 0.3) is 0 Å². The smallest absolute Gasteiger partial charge is 0.0334 e. The van der Waals surface area contributed by atoms with Gasteiger partial charge >= 0.3 is 0 Å². The van der Waals surface area contributed by atoms with Crippen LogP contribution >= 0.6 is 11.3 Å². The van der Waals surface area contributed by atoms with Gasteiger partial charge in [0.15, 0.2) is 0 Å².